The van der Waals surface area contributed by atoms with E-state index in [1.54, 1.807) is 23.2 Å². The number of hydrogen-bond donors (Lipinski definition) is 0. The van der Waals surface area contributed by atoms with Crippen LogP contribution in [-0.4, -0.2) is 33.7 Å². The Morgan fingerprint density at radius 1 is 1.44 bits per heavy atom. The number of carbonyl (C=O) groups is 1. The topological polar surface area (TPSA) is 66.2 Å². The van der Waals surface area contributed by atoms with Gasteiger partial charge in [0.2, 0.25) is 0 Å². The molecule has 5 heteroatoms. The molecular formula is C20H23N3O2. The largest absolute Gasteiger partial charge is 0.444 e. The van der Waals surface area contributed by atoms with E-state index < -0.39 is 11.1 Å². The van der Waals surface area contributed by atoms with E-state index in [0.29, 0.717) is 17.8 Å². The van der Waals surface area contributed by atoms with Crippen molar-refractivity contribution in [3.63, 3.8) is 0 Å². The summed E-state index contributed by atoms with van der Waals surface area (Å²) < 4.78 is 5.49. The zero-order valence-electron chi connectivity index (χ0n) is 15.4. The smallest absolute Gasteiger partial charge is 0.410 e. The van der Waals surface area contributed by atoms with Crippen molar-refractivity contribution in [1.82, 2.24) is 9.88 Å². The molecule has 25 heavy (non-hydrogen) atoms. The van der Waals surface area contributed by atoms with Crippen molar-refractivity contribution < 1.29 is 9.53 Å². The first kappa shape index (κ1) is 18.5. The van der Waals surface area contributed by atoms with Gasteiger partial charge in [0.25, 0.3) is 0 Å². The number of allylic oxidation sites excluding steroid dienone is 1. The lowest BCUT2D eigenvalue weighted by Gasteiger charge is -2.34. The third-order valence-electron chi connectivity index (χ3n) is 4.01. The van der Waals surface area contributed by atoms with Crippen molar-refractivity contribution in [1.29, 1.82) is 5.26 Å². The SMILES string of the molecule is CC(C)(C)OC(=O)N1CC/C(=C\C#Cc2cc(C#N)ccn2)C1(C)C. The van der Waals surface area contributed by atoms with Crippen LogP contribution in [0.5, 0.6) is 0 Å². The first-order chi connectivity index (χ1) is 11.6. The molecule has 1 aromatic heterocycles. The third-order valence-corrected chi connectivity index (χ3v) is 4.01. The first-order valence-corrected chi connectivity index (χ1v) is 8.21. The maximum atomic E-state index is 12.4. The molecule has 1 aliphatic heterocycles. The van der Waals surface area contributed by atoms with Gasteiger partial charge in [-0.05, 0) is 70.7 Å². The molecule has 0 spiro atoms. The number of carbonyl (C=O) groups excluding carboxylic acids is 1. The zero-order chi connectivity index (χ0) is 18.7. The number of hydrogen-bond acceptors (Lipinski definition) is 4. The molecule has 1 aliphatic rings. The normalized spacial score (nSPS) is 17.6. The molecule has 0 aliphatic carbocycles. The quantitative estimate of drug-likeness (QED) is 0.678. The average Bonchev–Trinajstić information content (AvgIpc) is 2.81. The monoisotopic (exact) mass is 337 g/mol. The van der Waals surface area contributed by atoms with Gasteiger partial charge in [-0.25, -0.2) is 9.78 Å². The molecule has 0 unspecified atom stereocenters. The van der Waals surface area contributed by atoms with E-state index >= 15 is 0 Å². The van der Waals surface area contributed by atoms with E-state index in [0.717, 1.165) is 12.0 Å². The van der Waals surface area contributed by atoms with E-state index in [2.05, 4.69) is 22.9 Å². The van der Waals surface area contributed by atoms with Gasteiger partial charge in [-0.3, -0.25) is 4.90 Å². The molecule has 1 aromatic rings. The molecule has 0 N–H and O–H groups in total. The predicted molar refractivity (Wildman–Crippen MR) is 95.5 cm³/mol. The number of nitrogens with zero attached hydrogens (tertiary/aromatic N) is 3. The van der Waals surface area contributed by atoms with Crippen LogP contribution in [0.4, 0.5) is 4.79 Å². The number of pyridine rings is 1. The highest BCUT2D eigenvalue weighted by molar-refractivity contribution is 5.71. The Labute approximate surface area is 149 Å². The summed E-state index contributed by atoms with van der Waals surface area (Å²) in [5, 5.41) is 8.90. The molecule has 0 radical (unpaired) electrons. The lowest BCUT2D eigenvalue weighted by atomic mass is 9.95. The second-order valence-electron chi connectivity index (χ2n) is 7.42. The molecule has 0 aromatic carbocycles. The van der Waals surface area contributed by atoms with Crippen LogP contribution in [0.1, 0.15) is 52.3 Å². The molecule has 0 bridgehead atoms. The molecule has 130 valence electrons. The van der Waals surface area contributed by atoms with Gasteiger partial charge in [0.15, 0.2) is 0 Å². The van der Waals surface area contributed by atoms with Crippen molar-refractivity contribution in [2.24, 2.45) is 0 Å². The zero-order valence-corrected chi connectivity index (χ0v) is 15.4. The van der Waals surface area contributed by atoms with Gasteiger partial charge in [-0.1, -0.05) is 5.92 Å². The lowest BCUT2D eigenvalue weighted by molar-refractivity contribution is 0.0160. The second-order valence-corrected chi connectivity index (χ2v) is 7.42. The molecule has 2 rings (SSSR count). The van der Waals surface area contributed by atoms with E-state index in [4.69, 9.17) is 10.00 Å². The third kappa shape index (κ3) is 4.61. The van der Waals surface area contributed by atoms with E-state index in [-0.39, 0.29) is 6.09 Å². The molecule has 0 saturated carbocycles. The highest BCUT2D eigenvalue weighted by atomic mass is 16.6. The van der Waals surface area contributed by atoms with Crippen LogP contribution < -0.4 is 0 Å². The van der Waals surface area contributed by atoms with Crippen LogP contribution in [0.15, 0.2) is 30.0 Å². The number of likely N-dealkylation sites (tertiary alicyclic amines) is 1. The fourth-order valence-corrected chi connectivity index (χ4v) is 2.64. The minimum Gasteiger partial charge on any atom is -0.444 e. The highest BCUT2D eigenvalue weighted by Crippen LogP contribution is 2.34. The van der Waals surface area contributed by atoms with E-state index in [1.165, 1.54) is 0 Å². The minimum absolute atomic E-state index is 0.308. The Balaban J connectivity index is 2.16. The van der Waals surface area contributed by atoms with Crippen LogP contribution in [0, 0.1) is 23.2 Å². The molecule has 0 atom stereocenters. The van der Waals surface area contributed by atoms with Gasteiger partial charge in [-0.15, -0.1) is 0 Å². The van der Waals surface area contributed by atoms with Crippen molar-refractivity contribution in [2.75, 3.05) is 6.54 Å². The van der Waals surface area contributed by atoms with Crippen LogP contribution in [-0.2, 0) is 4.74 Å². The number of rotatable bonds is 0. The van der Waals surface area contributed by atoms with Crippen molar-refractivity contribution in [3.05, 3.63) is 41.2 Å². The Morgan fingerprint density at radius 3 is 2.80 bits per heavy atom. The summed E-state index contributed by atoms with van der Waals surface area (Å²) in [6.45, 7) is 10.2. The van der Waals surface area contributed by atoms with E-state index in [1.807, 2.05) is 40.7 Å². The summed E-state index contributed by atoms with van der Waals surface area (Å²) in [6, 6.07) is 5.36. The summed E-state index contributed by atoms with van der Waals surface area (Å²) in [5.41, 5.74) is 1.19. The fraction of sp³-hybridized carbons (Fsp3) is 0.450. The molecule has 1 fully saturated rings. The lowest BCUT2D eigenvalue weighted by Crippen LogP contribution is -2.46. The van der Waals surface area contributed by atoms with Gasteiger partial charge in [0.05, 0.1) is 17.2 Å². The van der Waals surface area contributed by atoms with Crippen molar-refractivity contribution in [3.8, 4) is 17.9 Å². The van der Waals surface area contributed by atoms with Crippen LogP contribution >= 0.6 is 0 Å². The maximum absolute atomic E-state index is 12.4. The van der Waals surface area contributed by atoms with Gasteiger partial charge >= 0.3 is 6.09 Å². The van der Waals surface area contributed by atoms with Crippen LogP contribution in [0.25, 0.3) is 0 Å². The molecule has 1 saturated heterocycles. The summed E-state index contributed by atoms with van der Waals surface area (Å²) in [4.78, 5) is 18.3. The molecule has 2 heterocycles. The Hall–Kier alpha value is -2.79. The molecular weight excluding hydrogens is 314 g/mol. The Morgan fingerprint density at radius 2 is 2.16 bits per heavy atom. The predicted octanol–water partition coefficient (Wildman–Crippen LogP) is 3.65. The Kier molecular flexibility index (Phi) is 5.18. The number of aromatic nitrogens is 1. The summed E-state index contributed by atoms with van der Waals surface area (Å²) in [7, 11) is 0. The van der Waals surface area contributed by atoms with Crippen molar-refractivity contribution >= 4 is 6.09 Å². The Bertz CT molecular complexity index is 799. The number of nitriles is 1. The summed E-state index contributed by atoms with van der Waals surface area (Å²) in [5.74, 6) is 5.94. The first-order valence-electron chi connectivity index (χ1n) is 8.21. The summed E-state index contributed by atoms with van der Waals surface area (Å²) >= 11 is 0. The van der Waals surface area contributed by atoms with Gasteiger partial charge in [-0.2, -0.15) is 5.26 Å². The van der Waals surface area contributed by atoms with Crippen LogP contribution in [0.3, 0.4) is 0 Å². The van der Waals surface area contributed by atoms with Crippen molar-refractivity contribution in [2.45, 2.75) is 52.2 Å². The second kappa shape index (κ2) is 6.99. The molecule has 5 nitrogen and oxygen atoms in total. The van der Waals surface area contributed by atoms with E-state index in [9.17, 15) is 4.79 Å². The standard InChI is InChI=1S/C20H23N3O2/c1-19(2,3)25-18(24)23-12-10-16(20(23,4)5)7-6-8-17-13-15(14-21)9-11-22-17/h7,9,11,13H,10,12H2,1-5H3/b16-7+. The minimum atomic E-state index is -0.517. The number of ether oxygens (including phenoxy) is 1. The highest BCUT2D eigenvalue weighted by Gasteiger charge is 2.41. The fourth-order valence-electron chi connectivity index (χ4n) is 2.64. The number of amides is 1. The maximum Gasteiger partial charge on any atom is 0.410 e. The van der Waals surface area contributed by atoms with Gasteiger partial charge in [0, 0.05) is 12.7 Å². The van der Waals surface area contributed by atoms with Crippen LogP contribution in [0.2, 0.25) is 0 Å². The summed E-state index contributed by atoms with van der Waals surface area (Å²) in [6.07, 6.45) is 3.86. The average molecular weight is 337 g/mol. The molecule has 1 amide bonds. The van der Waals surface area contributed by atoms with Gasteiger partial charge in [0.1, 0.15) is 11.3 Å². The van der Waals surface area contributed by atoms with Gasteiger partial charge < -0.3 is 4.74 Å².